The Labute approximate surface area is 56.6 Å². The molecule has 0 aliphatic carbocycles. The first-order valence-electron chi connectivity index (χ1n) is 2.38. The van der Waals surface area contributed by atoms with Gasteiger partial charge in [-0.25, -0.2) is 0 Å². The summed E-state index contributed by atoms with van der Waals surface area (Å²) in [4.78, 5) is 0. The maximum atomic E-state index is 11.8. The summed E-state index contributed by atoms with van der Waals surface area (Å²) in [5.74, 6) is 0. The van der Waals surface area contributed by atoms with Gasteiger partial charge in [-0.05, 0) is 0 Å². The van der Waals surface area contributed by atoms with Crippen molar-refractivity contribution in [2.75, 3.05) is 0 Å². The van der Waals surface area contributed by atoms with Crippen molar-refractivity contribution < 1.29 is 26.3 Å². The molecule has 0 aromatic carbocycles. The van der Waals surface area contributed by atoms with Crippen LogP contribution < -0.4 is 10.6 Å². The number of hydrogen-bond donors (Lipinski definition) is 2. The van der Waals surface area contributed by atoms with Gasteiger partial charge >= 0.3 is 18.3 Å². The lowest BCUT2D eigenvalue weighted by Gasteiger charge is -2.14. The van der Waals surface area contributed by atoms with Gasteiger partial charge < -0.3 is 0 Å². The van der Waals surface area contributed by atoms with Crippen molar-refractivity contribution in [1.82, 2.24) is 10.6 Å². The SMILES string of the molecule is FC1(F)NC(F)(F)C(F)(F)N1. The highest BCUT2D eigenvalue weighted by Gasteiger charge is 2.70. The molecule has 2 nitrogen and oxygen atoms in total. The van der Waals surface area contributed by atoms with Gasteiger partial charge in [0.2, 0.25) is 0 Å². The molecule has 0 aromatic rings. The molecule has 1 saturated heterocycles. The Hall–Kier alpha value is -0.500. The van der Waals surface area contributed by atoms with Gasteiger partial charge in [0, 0.05) is 0 Å². The van der Waals surface area contributed by atoms with Crippen molar-refractivity contribution in [3.05, 3.63) is 0 Å². The summed E-state index contributed by atoms with van der Waals surface area (Å²) in [7, 11) is 0. The number of hydrogen-bond acceptors (Lipinski definition) is 2. The molecule has 0 bridgehead atoms. The highest BCUT2D eigenvalue weighted by atomic mass is 19.3. The van der Waals surface area contributed by atoms with Crippen molar-refractivity contribution in [3.63, 3.8) is 0 Å². The van der Waals surface area contributed by atoms with E-state index in [2.05, 4.69) is 0 Å². The van der Waals surface area contributed by atoms with Gasteiger partial charge in [-0.1, -0.05) is 0 Å². The second-order valence-corrected chi connectivity index (χ2v) is 1.97. The van der Waals surface area contributed by atoms with E-state index in [-0.39, 0.29) is 10.6 Å². The Kier molecular flexibility index (Phi) is 1.41. The Morgan fingerprint density at radius 2 is 0.909 bits per heavy atom. The zero-order chi connectivity index (χ0) is 8.91. The van der Waals surface area contributed by atoms with E-state index in [1.54, 1.807) is 0 Å². The molecule has 1 aliphatic heterocycles. The average Bonchev–Trinajstić information content (AvgIpc) is 1.66. The van der Waals surface area contributed by atoms with Gasteiger partial charge in [0.1, 0.15) is 0 Å². The summed E-state index contributed by atoms with van der Waals surface area (Å²) in [5, 5.41) is 0.264. The lowest BCUT2D eigenvalue weighted by Crippen LogP contribution is -2.47. The molecule has 0 unspecified atom stereocenters. The van der Waals surface area contributed by atoms with Gasteiger partial charge in [0.25, 0.3) is 0 Å². The van der Waals surface area contributed by atoms with Crippen molar-refractivity contribution in [2.45, 2.75) is 18.3 Å². The predicted molar refractivity (Wildman–Crippen MR) is 21.1 cm³/mol. The molecular weight excluding hydrogens is 178 g/mol. The van der Waals surface area contributed by atoms with E-state index in [0.29, 0.717) is 0 Å². The van der Waals surface area contributed by atoms with E-state index < -0.39 is 18.3 Å². The Balaban J connectivity index is 2.89. The van der Waals surface area contributed by atoms with Crippen LogP contribution in [0.5, 0.6) is 0 Å². The second kappa shape index (κ2) is 1.81. The maximum absolute atomic E-state index is 11.8. The standard InChI is InChI=1S/C3H2F6N2/c4-1(5)2(6,7)11-3(8,9)10-1/h10-11H. The van der Waals surface area contributed by atoms with Crippen molar-refractivity contribution >= 4 is 0 Å². The Morgan fingerprint density at radius 1 is 0.636 bits per heavy atom. The third-order valence-corrected chi connectivity index (χ3v) is 1.02. The van der Waals surface area contributed by atoms with Crippen LogP contribution >= 0.6 is 0 Å². The summed E-state index contributed by atoms with van der Waals surface area (Å²) in [6.07, 6.45) is -4.44. The summed E-state index contributed by atoms with van der Waals surface area (Å²) in [6, 6.07) is -9.84. The first kappa shape index (κ1) is 8.60. The Morgan fingerprint density at radius 3 is 1.00 bits per heavy atom. The molecule has 0 atom stereocenters. The van der Waals surface area contributed by atoms with E-state index in [9.17, 15) is 26.3 Å². The van der Waals surface area contributed by atoms with Crippen LogP contribution in [0.2, 0.25) is 0 Å². The van der Waals surface area contributed by atoms with Crippen molar-refractivity contribution in [3.8, 4) is 0 Å². The highest BCUT2D eigenvalue weighted by Crippen LogP contribution is 2.38. The molecule has 1 aliphatic rings. The van der Waals surface area contributed by atoms with E-state index >= 15 is 0 Å². The number of nitrogens with one attached hydrogen (secondary N) is 2. The van der Waals surface area contributed by atoms with E-state index in [0.717, 1.165) is 0 Å². The number of rotatable bonds is 0. The minimum Gasteiger partial charge on any atom is -0.180 e. The third-order valence-electron chi connectivity index (χ3n) is 1.02. The molecule has 2 N–H and O–H groups in total. The van der Waals surface area contributed by atoms with Crippen LogP contribution in [0.1, 0.15) is 0 Å². The normalized spacial score (nSPS) is 32.2. The summed E-state index contributed by atoms with van der Waals surface area (Å²) in [6.45, 7) is 0. The largest absolute Gasteiger partial charge is 0.385 e. The molecule has 8 heteroatoms. The van der Waals surface area contributed by atoms with Crippen LogP contribution in [-0.4, -0.2) is 18.3 Å². The quantitative estimate of drug-likeness (QED) is 0.427. The molecule has 0 radical (unpaired) electrons. The average molecular weight is 180 g/mol. The summed E-state index contributed by atoms with van der Waals surface area (Å²) >= 11 is 0. The van der Waals surface area contributed by atoms with Gasteiger partial charge in [-0.2, -0.15) is 37.0 Å². The van der Waals surface area contributed by atoms with E-state index in [4.69, 9.17) is 0 Å². The smallest absolute Gasteiger partial charge is 0.180 e. The zero-order valence-corrected chi connectivity index (χ0v) is 4.77. The number of alkyl halides is 6. The second-order valence-electron chi connectivity index (χ2n) is 1.97. The van der Waals surface area contributed by atoms with Crippen molar-refractivity contribution in [1.29, 1.82) is 0 Å². The van der Waals surface area contributed by atoms with Crippen LogP contribution in [-0.2, 0) is 0 Å². The van der Waals surface area contributed by atoms with Crippen LogP contribution in [0.15, 0.2) is 0 Å². The molecule has 1 fully saturated rings. The lowest BCUT2D eigenvalue weighted by atomic mass is 10.5. The molecule has 0 aromatic heterocycles. The summed E-state index contributed by atoms with van der Waals surface area (Å²) < 4.78 is 70.8. The molecule has 1 rings (SSSR count). The molecule has 0 spiro atoms. The molecule has 0 amide bonds. The van der Waals surface area contributed by atoms with Crippen LogP contribution in [0, 0.1) is 0 Å². The van der Waals surface area contributed by atoms with Gasteiger partial charge in [0.05, 0.1) is 0 Å². The van der Waals surface area contributed by atoms with Crippen LogP contribution in [0.3, 0.4) is 0 Å². The first-order valence-corrected chi connectivity index (χ1v) is 2.38. The minimum atomic E-state index is -4.92. The molecular formula is C3H2F6N2. The third kappa shape index (κ3) is 1.27. The molecule has 66 valence electrons. The van der Waals surface area contributed by atoms with Crippen LogP contribution in [0.25, 0.3) is 0 Å². The maximum Gasteiger partial charge on any atom is 0.385 e. The fourth-order valence-corrected chi connectivity index (χ4v) is 0.583. The first-order chi connectivity index (χ1) is 4.66. The molecule has 0 saturated carbocycles. The fraction of sp³-hybridized carbons (Fsp3) is 1.00. The summed E-state index contributed by atoms with van der Waals surface area (Å²) in [5.41, 5.74) is 0. The minimum absolute atomic E-state index is 0.132. The van der Waals surface area contributed by atoms with Gasteiger partial charge in [-0.15, -0.1) is 0 Å². The van der Waals surface area contributed by atoms with Crippen LogP contribution in [0.4, 0.5) is 26.3 Å². The lowest BCUT2D eigenvalue weighted by molar-refractivity contribution is -0.207. The monoisotopic (exact) mass is 180 g/mol. The van der Waals surface area contributed by atoms with E-state index in [1.165, 1.54) is 0 Å². The van der Waals surface area contributed by atoms with Crippen molar-refractivity contribution in [2.24, 2.45) is 0 Å². The zero-order valence-electron chi connectivity index (χ0n) is 4.77. The fourth-order valence-electron chi connectivity index (χ4n) is 0.583. The van der Waals surface area contributed by atoms with Gasteiger partial charge in [0.15, 0.2) is 0 Å². The highest BCUT2D eigenvalue weighted by molar-refractivity contribution is 4.92. The predicted octanol–water partition coefficient (Wildman–Crippen LogP) is 0.915. The van der Waals surface area contributed by atoms with Gasteiger partial charge in [-0.3, -0.25) is 0 Å². The molecule has 11 heavy (non-hydrogen) atoms. The molecule has 1 heterocycles. The Bertz CT molecular complexity index is 159. The topological polar surface area (TPSA) is 24.1 Å². The number of halogens is 6. The van der Waals surface area contributed by atoms with E-state index in [1.807, 2.05) is 0 Å².